The molecule has 0 aliphatic rings. The third-order valence-corrected chi connectivity index (χ3v) is 4.33. The van der Waals surface area contributed by atoms with Gasteiger partial charge in [-0.3, -0.25) is 4.79 Å². The van der Waals surface area contributed by atoms with Crippen molar-refractivity contribution in [2.45, 2.75) is 23.5 Å². The Labute approximate surface area is 128 Å². The first kappa shape index (κ1) is 15.1. The summed E-state index contributed by atoms with van der Waals surface area (Å²) in [5, 5.41) is 18.0. The van der Waals surface area contributed by atoms with E-state index in [1.54, 1.807) is 6.07 Å². The second kappa shape index (κ2) is 6.96. The molecule has 0 bridgehead atoms. The maximum absolute atomic E-state index is 11.5. The molecule has 0 heterocycles. The average molecular weight is 297 g/mol. The van der Waals surface area contributed by atoms with Gasteiger partial charge in [-0.2, -0.15) is 5.26 Å². The lowest BCUT2D eigenvalue weighted by Gasteiger charge is -2.13. The Balaban J connectivity index is 2.21. The standard InChI is InChI=1S/C17H15NO2S/c1-12-7-8-15(14(9-12)11-18)21-16(17(19)20)10-13-5-3-2-4-6-13/h2-9,16H,10H2,1H3,(H,19,20). The van der Waals surface area contributed by atoms with E-state index in [4.69, 9.17) is 0 Å². The largest absolute Gasteiger partial charge is 0.480 e. The molecule has 0 aliphatic heterocycles. The number of aryl methyl sites for hydroxylation is 1. The van der Waals surface area contributed by atoms with Gasteiger partial charge in [-0.1, -0.05) is 36.4 Å². The van der Waals surface area contributed by atoms with Crippen LogP contribution in [0.3, 0.4) is 0 Å². The molecule has 0 aliphatic carbocycles. The first-order chi connectivity index (χ1) is 10.1. The fourth-order valence-corrected chi connectivity index (χ4v) is 3.06. The van der Waals surface area contributed by atoms with E-state index in [2.05, 4.69) is 6.07 Å². The van der Waals surface area contributed by atoms with Gasteiger partial charge in [-0.05, 0) is 36.6 Å². The van der Waals surface area contributed by atoms with Crippen LogP contribution in [0.25, 0.3) is 0 Å². The van der Waals surface area contributed by atoms with Crippen LogP contribution in [0, 0.1) is 18.3 Å². The van der Waals surface area contributed by atoms with Crippen molar-refractivity contribution in [3.8, 4) is 6.07 Å². The number of nitrogens with zero attached hydrogens (tertiary/aromatic N) is 1. The van der Waals surface area contributed by atoms with Gasteiger partial charge in [0.2, 0.25) is 0 Å². The second-order valence-electron chi connectivity index (χ2n) is 4.75. The van der Waals surface area contributed by atoms with E-state index in [1.807, 2.05) is 49.4 Å². The molecule has 106 valence electrons. The fourth-order valence-electron chi connectivity index (χ4n) is 1.99. The van der Waals surface area contributed by atoms with E-state index in [0.29, 0.717) is 16.9 Å². The van der Waals surface area contributed by atoms with Gasteiger partial charge in [0.1, 0.15) is 11.3 Å². The number of carbonyl (C=O) groups is 1. The minimum absolute atomic E-state index is 0.430. The van der Waals surface area contributed by atoms with Gasteiger partial charge in [0, 0.05) is 4.90 Å². The van der Waals surface area contributed by atoms with Gasteiger partial charge in [0.05, 0.1) is 5.56 Å². The van der Waals surface area contributed by atoms with Crippen molar-refractivity contribution < 1.29 is 9.90 Å². The van der Waals surface area contributed by atoms with Crippen molar-refractivity contribution in [2.75, 3.05) is 0 Å². The topological polar surface area (TPSA) is 61.1 Å². The van der Waals surface area contributed by atoms with Crippen molar-refractivity contribution >= 4 is 17.7 Å². The maximum atomic E-state index is 11.5. The number of thioether (sulfide) groups is 1. The van der Waals surface area contributed by atoms with E-state index in [0.717, 1.165) is 11.1 Å². The first-order valence-electron chi connectivity index (χ1n) is 6.54. The monoisotopic (exact) mass is 297 g/mol. The Bertz CT molecular complexity index is 677. The molecular formula is C17H15NO2S. The Kier molecular flexibility index (Phi) is 5.02. The predicted molar refractivity (Wildman–Crippen MR) is 83.3 cm³/mol. The van der Waals surface area contributed by atoms with Crippen molar-refractivity contribution in [3.63, 3.8) is 0 Å². The zero-order valence-electron chi connectivity index (χ0n) is 11.6. The highest BCUT2D eigenvalue weighted by atomic mass is 32.2. The minimum Gasteiger partial charge on any atom is -0.480 e. The molecule has 0 fully saturated rings. The number of benzene rings is 2. The fraction of sp³-hybridized carbons (Fsp3) is 0.176. The number of aliphatic carboxylic acids is 1. The molecule has 0 radical (unpaired) electrons. The van der Waals surface area contributed by atoms with E-state index in [9.17, 15) is 15.2 Å². The quantitative estimate of drug-likeness (QED) is 0.856. The van der Waals surface area contributed by atoms with Gasteiger partial charge in [-0.25, -0.2) is 0 Å². The number of nitriles is 1. The van der Waals surface area contributed by atoms with Gasteiger partial charge >= 0.3 is 5.97 Å². The molecule has 0 amide bonds. The summed E-state index contributed by atoms with van der Waals surface area (Å²) in [6.45, 7) is 1.91. The SMILES string of the molecule is Cc1ccc(SC(Cc2ccccc2)C(=O)O)c(C#N)c1. The molecule has 21 heavy (non-hydrogen) atoms. The highest BCUT2D eigenvalue weighted by molar-refractivity contribution is 8.00. The number of rotatable bonds is 5. The zero-order chi connectivity index (χ0) is 15.2. The van der Waals surface area contributed by atoms with Gasteiger partial charge in [0.15, 0.2) is 0 Å². The van der Waals surface area contributed by atoms with Crippen LogP contribution in [0.15, 0.2) is 53.4 Å². The van der Waals surface area contributed by atoms with Crippen molar-refractivity contribution in [3.05, 3.63) is 65.2 Å². The van der Waals surface area contributed by atoms with Crippen molar-refractivity contribution in [2.24, 2.45) is 0 Å². The van der Waals surface area contributed by atoms with Crippen LogP contribution in [0.2, 0.25) is 0 Å². The lowest BCUT2D eigenvalue weighted by Crippen LogP contribution is -2.19. The number of carboxylic acids is 1. The molecular weight excluding hydrogens is 282 g/mol. The highest BCUT2D eigenvalue weighted by Crippen LogP contribution is 2.29. The minimum atomic E-state index is -0.867. The molecule has 0 saturated heterocycles. The Hall–Kier alpha value is -2.25. The number of hydrogen-bond donors (Lipinski definition) is 1. The number of hydrogen-bond acceptors (Lipinski definition) is 3. The molecule has 0 aromatic heterocycles. The summed E-state index contributed by atoms with van der Waals surface area (Å²) in [7, 11) is 0. The third kappa shape index (κ3) is 4.11. The van der Waals surface area contributed by atoms with E-state index in [-0.39, 0.29) is 0 Å². The smallest absolute Gasteiger partial charge is 0.317 e. The van der Waals surface area contributed by atoms with Crippen LogP contribution < -0.4 is 0 Å². The number of carboxylic acid groups (broad SMARTS) is 1. The van der Waals surface area contributed by atoms with Crippen LogP contribution in [-0.2, 0) is 11.2 Å². The van der Waals surface area contributed by atoms with Gasteiger partial charge in [-0.15, -0.1) is 11.8 Å². The van der Waals surface area contributed by atoms with Crippen molar-refractivity contribution in [1.29, 1.82) is 5.26 Å². The molecule has 2 aromatic rings. The predicted octanol–water partition coefficient (Wildman–Crippen LogP) is 3.65. The first-order valence-corrected chi connectivity index (χ1v) is 7.42. The second-order valence-corrected chi connectivity index (χ2v) is 5.99. The summed E-state index contributed by atoms with van der Waals surface area (Å²) in [4.78, 5) is 12.2. The Morgan fingerprint density at radius 2 is 2.00 bits per heavy atom. The summed E-state index contributed by atoms with van der Waals surface area (Å²) in [6, 6.07) is 17.1. The zero-order valence-corrected chi connectivity index (χ0v) is 12.4. The lowest BCUT2D eigenvalue weighted by molar-refractivity contribution is -0.136. The molecule has 2 rings (SSSR count). The molecule has 1 atom stereocenters. The molecule has 4 heteroatoms. The summed E-state index contributed by atoms with van der Waals surface area (Å²) in [5.74, 6) is -0.867. The van der Waals surface area contributed by atoms with E-state index < -0.39 is 11.2 Å². The summed E-state index contributed by atoms with van der Waals surface area (Å²) >= 11 is 1.23. The van der Waals surface area contributed by atoms with Crippen LogP contribution in [0.5, 0.6) is 0 Å². The lowest BCUT2D eigenvalue weighted by atomic mass is 10.1. The van der Waals surface area contributed by atoms with Crippen LogP contribution in [0.1, 0.15) is 16.7 Å². The van der Waals surface area contributed by atoms with E-state index >= 15 is 0 Å². The van der Waals surface area contributed by atoms with Gasteiger partial charge in [0.25, 0.3) is 0 Å². The third-order valence-electron chi connectivity index (χ3n) is 3.06. The van der Waals surface area contributed by atoms with Crippen LogP contribution in [0.4, 0.5) is 0 Å². The molecule has 3 nitrogen and oxygen atoms in total. The van der Waals surface area contributed by atoms with Crippen LogP contribution in [-0.4, -0.2) is 16.3 Å². The summed E-state index contributed by atoms with van der Waals surface area (Å²) < 4.78 is 0. The molecule has 1 N–H and O–H groups in total. The Morgan fingerprint density at radius 3 is 2.62 bits per heavy atom. The average Bonchev–Trinajstić information content (AvgIpc) is 2.49. The van der Waals surface area contributed by atoms with E-state index in [1.165, 1.54) is 11.8 Å². The maximum Gasteiger partial charge on any atom is 0.317 e. The normalized spacial score (nSPS) is 11.6. The molecule has 1 unspecified atom stereocenters. The van der Waals surface area contributed by atoms with Gasteiger partial charge < -0.3 is 5.11 Å². The summed E-state index contributed by atoms with van der Waals surface area (Å²) in [5.41, 5.74) is 2.49. The molecule has 0 spiro atoms. The molecule has 0 saturated carbocycles. The highest BCUT2D eigenvalue weighted by Gasteiger charge is 2.21. The molecule has 2 aromatic carbocycles. The summed E-state index contributed by atoms with van der Waals surface area (Å²) in [6.07, 6.45) is 0.430. The van der Waals surface area contributed by atoms with Crippen LogP contribution >= 0.6 is 11.8 Å². The Morgan fingerprint density at radius 1 is 1.29 bits per heavy atom. The van der Waals surface area contributed by atoms with Crippen molar-refractivity contribution in [1.82, 2.24) is 0 Å².